The molecule has 36 heavy (non-hydrogen) atoms. The van der Waals surface area contributed by atoms with Crippen LogP contribution in [-0.2, 0) is 15.8 Å². The third-order valence-corrected chi connectivity index (χ3v) is 11.1. The van der Waals surface area contributed by atoms with Gasteiger partial charge in [-0.15, -0.1) is 0 Å². The highest BCUT2D eigenvalue weighted by atomic mass is 19.4. The number of nitrogens with zero attached hydrogens (tertiary/aromatic N) is 1. The lowest BCUT2D eigenvalue weighted by atomic mass is 9.48. The number of alkyl halides is 3. The van der Waals surface area contributed by atoms with Gasteiger partial charge in [0.15, 0.2) is 0 Å². The molecule has 0 radical (unpaired) electrons. The number of fused-ring (bicyclic) bond motifs is 5. The Balaban J connectivity index is 1.47. The quantitative estimate of drug-likeness (QED) is 0.492. The molecule has 7 atom stereocenters. The van der Waals surface area contributed by atoms with Crippen molar-refractivity contribution >= 4 is 17.5 Å². The number of hydrogen-bond acceptors (Lipinski definition) is 2. The van der Waals surface area contributed by atoms with Crippen LogP contribution in [0.4, 0.5) is 18.9 Å². The molecule has 3 saturated carbocycles. The number of rotatable bonds is 3. The lowest BCUT2D eigenvalue weighted by Gasteiger charge is -2.59. The van der Waals surface area contributed by atoms with E-state index in [0.717, 1.165) is 63.1 Å². The molecule has 4 nitrogen and oxygen atoms in total. The fraction of sp³-hybridized carbons (Fsp3) is 0.655. The molecule has 0 aromatic heterocycles. The minimum absolute atomic E-state index is 0.0167. The maximum Gasteiger partial charge on any atom is 0.416 e. The second-order valence-electron chi connectivity index (χ2n) is 12.6. The average Bonchev–Trinajstić information content (AvgIpc) is 3.60. The Hall–Kier alpha value is -2.15. The highest BCUT2D eigenvalue weighted by Crippen LogP contribution is 2.68. The molecule has 2 N–H and O–H groups in total. The van der Waals surface area contributed by atoms with Crippen molar-refractivity contribution in [1.29, 1.82) is 0 Å². The Bertz CT molecular complexity index is 1160. The molecule has 0 spiro atoms. The summed E-state index contributed by atoms with van der Waals surface area (Å²) in [5.41, 5.74) is 6.31. The van der Waals surface area contributed by atoms with Gasteiger partial charge in [0, 0.05) is 36.3 Å². The smallest absolute Gasteiger partial charge is 0.369 e. The number of primary amides is 1. The van der Waals surface area contributed by atoms with E-state index in [2.05, 4.69) is 19.9 Å². The summed E-state index contributed by atoms with van der Waals surface area (Å²) < 4.78 is 41.1. The number of carbonyl (C=O) groups excluding carboxylic acids is 2. The first kappa shape index (κ1) is 24.2. The van der Waals surface area contributed by atoms with Gasteiger partial charge in [0.2, 0.25) is 5.91 Å². The molecule has 1 aromatic rings. The highest BCUT2D eigenvalue weighted by Gasteiger charge is 2.67. The van der Waals surface area contributed by atoms with Gasteiger partial charge in [-0.2, -0.15) is 17.7 Å². The van der Waals surface area contributed by atoms with Gasteiger partial charge in [0.1, 0.15) is 17.4 Å². The lowest BCUT2D eigenvalue weighted by molar-refractivity contribution is -0.140. The first-order valence-electron chi connectivity index (χ1n) is 13.5. The minimum atomic E-state index is -4.45. The summed E-state index contributed by atoms with van der Waals surface area (Å²) >= 11 is 0. The van der Waals surface area contributed by atoms with E-state index in [-0.39, 0.29) is 39.1 Å². The van der Waals surface area contributed by atoms with Crippen LogP contribution in [0.15, 0.2) is 36.0 Å². The Morgan fingerprint density at radius 1 is 1.06 bits per heavy atom. The van der Waals surface area contributed by atoms with E-state index in [1.165, 1.54) is 12.1 Å². The molecule has 4 aliphatic carbocycles. The normalized spacial score (nSPS) is 42.2. The second kappa shape index (κ2) is 7.68. The van der Waals surface area contributed by atoms with Crippen LogP contribution in [0.5, 0.6) is 0 Å². The van der Waals surface area contributed by atoms with Crippen molar-refractivity contribution in [2.45, 2.75) is 83.9 Å². The van der Waals surface area contributed by atoms with Gasteiger partial charge in [-0.25, -0.2) is 4.79 Å². The lowest BCUT2D eigenvalue weighted by Crippen LogP contribution is -2.65. The molecule has 1 aliphatic heterocycles. The van der Waals surface area contributed by atoms with Crippen LogP contribution in [0.3, 0.4) is 0 Å². The van der Waals surface area contributed by atoms with Crippen molar-refractivity contribution < 1.29 is 22.8 Å². The van der Waals surface area contributed by atoms with Crippen LogP contribution in [0.2, 0.25) is 0 Å². The number of benzene rings is 1. The molecule has 1 aromatic carbocycles. The maximum atomic E-state index is 13.9. The average molecular weight is 502 g/mol. The molecule has 7 heteroatoms. The van der Waals surface area contributed by atoms with Crippen molar-refractivity contribution in [2.75, 3.05) is 0 Å². The van der Waals surface area contributed by atoms with E-state index in [1.807, 2.05) is 0 Å². The summed E-state index contributed by atoms with van der Waals surface area (Å²) in [5.74, 6) is 0.955. The monoisotopic (exact) mass is 501 g/mol. The van der Waals surface area contributed by atoms with E-state index < -0.39 is 11.7 Å². The van der Waals surface area contributed by atoms with Crippen molar-refractivity contribution in [2.24, 2.45) is 40.2 Å². The summed E-state index contributed by atoms with van der Waals surface area (Å²) in [6.45, 7) is 4.52. The first-order chi connectivity index (χ1) is 16.9. The molecule has 1 heterocycles. The number of hydrogen-bond donors (Lipinski definition) is 1. The fourth-order valence-corrected chi connectivity index (χ4v) is 9.34. The van der Waals surface area contributed by atoms with Crippen molar-refractivity contribution in [1.82, 2.24) is 4.48 Å². The van der Waals surface area contributed by atoms with E-state index in [1.54, 1.807) is 6.07 Å². The predicted octanol–water partition coefficient (Wildman–Crippen LogP) is 6.33. The van der Waals surface area contributed by atoms with Crippen LogP contribution >= 0.6 is 0 Å². The molecule has 5 aliphatic rings. The summed E-state index contributed by atoms with van der Waals surface area (Å²) in [5, 5.41) is 0. The van der Waals surface area contributed by atoms with Gasteiger partial charge in [0.25, 0.3) is 0 Å². The minimum Gasteiger partial charge on any atom is -0.369 e. The topological polar surface area (TPSA) is 60.2 Å². The zero-order chi connectivity index (χ0) is 25.7. The first-order valence-corrected chi connectivity index (χ1v) is 13.5. The molecule has 194 valence electrons. The number of nitrogens with two attached hydrogens (primary N) is 1. The van der Waals surface area contributed by atoms with Crippen molar-refractivity contribution in [3.05, 3.63) is 41.6 Å². The number of likely N-dealkylation sites (tertiary alicyclic amines) is 1. The predicted molar refractivity (Wildman–Crippen MR) is 131 cm³/mol. The summed E-state index contributed by atoms with van der Waals surface area (Å²) in [6, 6.07) is 5.53. The largest absolute Gasteiger partial charge is 0.416 e. The number of quaternary nitrogens is 1. The van der Waals surface area contributed by atoms with Gasteiger partial charge in [-0.1, -0.05) is 19.9 Å². The van der Waals surface area contributed by atoms with Crippen molar-refractivity contribution in [3.8, 4) is 0 Å². The Labute approximate surface area is 210 Å². The van der Waals surface area contributed by atoms with Gasteiger partial charge in [-0.05, 0) is 73.8 Å². The SMILES string of the molecule is C[C@]12CC[C@H]3[C@@H](CC=C4[C@]3(C)CCC(=O)[N+]4(c3cccc(C(F)(F)F)c3)C3CC3)[C@@H]1CC[C@@H]2C(N)=O. The van der Waals surface area contributed by atoms with Crippen LogP contribution < -0.4 is 10.2 Å². The summed E-state index contributed by atoms with van der Waals surface area (Å²) in [7, 11) is 0. The van der Waals surface area contributed by atoms with E-state index in [0.29, 0.717) is 29.9 Å². The molecule has 6 rings (SSSR count). The third-order valence-electron chi connectivity index (χ3n) is 11.1. The van der Waals surface area contributed by atoms with E-state index in [4.69, 9.17) is 5.73 Å². The fourth-order valence-electron chi connectivity index (χ4n) is 9.34. The standard InChI is InChI=1S/C29H35F3N2O2/c1-27-14-12-22-20(21(27)9-10-23(27)26(33)36)8-11-24-28(22,2)15-13-25(35)34(24,18-6-7-18)19-5-3-4-17(16-19)29(30,31)32/h3-5,11,16,18,20-23H,6-10,12-15H2,1-2H3,(H-,33,36)/p+1/t20-,21-,22-,23+,27-,28+,34?/m0/s1. The van der Waals surface area contributed by atoms with E-state index >= 15 is 0 Å². The highest BCUT2D eigenvalue weighted by molar-refractivity contribution is 5.94. The van der Waals surface area contributed by atoms with Gasteiger partial charge >= 0.3 is 12.1 Å². The zero-order valence-electron chi connectivity index (χ0n) is 21.1. The molecule has 0 bridgehead atoms. The van der Waals surface area contributed by atoms with Crippen LogP contribution in [0, 0.1) is 34.5 Å². The number of halogens is 3. The number of amides is 2. The zero-order valence-corrected chi connectivity index (χ0v) is 21.1. The molecular formula is C29H36F3N2O2+. The van der Waals surface area contributed by atoms with Gasteiger partial charge < -0.3 is 5.73 Å². The molecular weight excluding hydrogens is 465 g/mol. The maximum absolute atomic E-state index is 13.9. The second-order valence-corrected chi connectivity index (χ2v) is 12.6. The van der Waals surface area contributed by atoms with Crippen LogP contribution in [0.25, 0.3) is 0 Å². The Morgan fingerprint density at radius 2 is 1.81 bits per heavy atom. The third kappa shape index (κ3) is 3.10. The Morgan fingerprint density at radius 3 is 2.47 bits per heavy atom. The number of piperidine rings is 1. The van der Waals surface area contributed by atoms with E-state index in [9.17, 15) is 22.8 Å². The van der Waals surface area contributed by atoms with Gasteiger partial charge in [-0.3, -0.25) is 4.79 Å². The Kier molecular flexibility index (Phi) is 5.17. The summed E-state index contributed by atoms with van der Waals surface area (Å²) in [6.07, 6.45) is 5.19. The molecule has 2 amide bonds. The number of carbonyl (C=O) groups is 2. The summed E-state index contributed by atoms with van der Waals surface area (Å²) in [4.78, 5) is 26.1. The molecule has 4 fully saturated rings. The van der Waals surface area contributed by atoms with Crippen LogP contribution in [0.1, 0.15) is 77.2 Å². The molecule has 1 unspecified atom stereocenters. The van der Waals surface area contributed by atoms with Gasteiger partial charge in [0.05, 0.1) is 12.0 Å². The van der Waals surface area contributed by atoms with Crippen molar-refractivity contribution in [3.63, 3.8) is 0 Å². The molecule has 1 saturated heterocycles. The number of allylic oxidation sites excluding steroid dienone is 2. The van der Waals surface area contributed by atoms with Crippen LogP contribution in [-0.4, -0.2) is 17.9 Å².